The molecule has 3 aromatic rings. The van der Waals surface area contributed by atoms with Crippen LogP contribution in [0.5, 0.6) is 0 Å². The van der Waals surface area contributed by atoms with Gasteiger partial charge in [0.05, 0.1) is 10.4 Å². The molecule has 2 N–H and O–H groups in total. The lowest BCUT2D eigenvalue weighted by atomic mass is 10.2. The highest BCUT2D eigenvalue weighted by Crippen LogP contribution is 2.28. The molecule has 2 aromatic heterocycles. The molecule has 0 aliphatic carbocycles. The van der Waals surface area contributed by atoms with E-state index in [1.165, 1.54) is 12.1 Å². The molecule has 8 heteroatoms. The van der Waals surface area contributed by atoms with E-state index in [1.807, 2.05) is 0 Å². The number of nitrogen functional groups attached to an aromatic ring is 1. The van der Waals surface area contributed by atoms with E-state index >= 15 is 0 Å². The minimum Gasteiger partial charge on any atom is -0.369 e. The smallest absolute Gasteiger partial charge is 0.269 e. The summed E-state index contributed by atoms with van der Waals surface area (Å²) in [7, 11) is 0. The normalized spacial score (nSPS) is 10.8. The average molecular weight is 334 g/mol. The molecule has 0 aliphatic heterocycles. The van der Waals surface area contributed by atoms with Crippen LogP contribution in [0.25, 0.3) is 16.9 Å². The quantitative estimate of drug-likeness (QED) is 0.574. The van der Waals surface area contributed by atoms with Crippen molar-refractivity contribution in [2.75, 3.05) is 5.73 Å². The number of hydrogen-bond donors (Lipinski definition) is 1. The van der Waals surface area contributed by atoms with Crippen molar-refractivity contribution in [3.8, 4) is 11.4 Å². The molecule has 0 radical (unpaired) electrons. The van der Waals surface area contributed by atoms with Crippen molar-refractivity contribution in [3.05, 3.63) is 51.2 Å². The Kier molecular flexibility index (Phi) is 2.87. The Morgan fingerprint density at radius 2 is 1.95 bits per heavy atom. The van der Waals surface area contributed by atoms with Gasteiger partial charge in [-0.05, 0) is 34.1 Å². The summed E-state index contributed by atoms with van der Waals surface area (Å²) in [6.45, 7) is 0. The summed E-state index contributed by atoms with van der Waals surface area (Å²) < 4.78 is 2.32. The van der Waals surface area contributed by atoms with Crippen molar-refractivity contribution in [2.45, 2.75) is 0 Å². The van der Waals surface area contributed by atoms with E-state index in [2.05, 4.69) is 25.9 Å². The van der Waals surface area contributed by atoms with Crippen molar-refractivity contribution >= 4 is 33.1 Å². The molecule has 100 valence electrons. The third-order valence-corrected chi connectivity index (χ3v) is 3.46. The van der Waals surface area contributed by atoms with Crippen molar-refractivity contribution in [1.82, 2.24) is 14.4 Å². The number of nitro benzene ring substituents is 1. The van der Waals surface area contributed by atoms with Crippen LogP contribution in [0, 0.1) is 10.1 Å². The number of aromatic nitrogens is 3. The second kappa shape index (κ2) is 4.57. The van der Waals surface area contributed by atoms with Crippen LogP contribution in [-0.2, 0) is 0 Å². The molecule has 1 aromatic carbocycles. The molecule has 0 saturated carbocycles. The first-order chi connectivity index (χ1) is 9.58. The first-order valence-corrected chi connectivity index (χ1v) is 6.40. The van der Waals surface area contributed by atoms with Gasteiger partial charge in [0.25, 0.3) is 5.69 Å². The third-order valence-electron chi connectivity index (χ3n) is 2.87. The van der Waals surface area contributed by atoms with E-state index in [0.717, 1.165) is 11.1 Å². The zero-order chi connectivity index (χ0) is 14.3. The molecule has 0 amide bonds. The number of benzene rings is 1. The number of rotatable bonds is 2. The topological polar surface area (TPSA) is 99.3 Å². The van der Waals surface area contributed by atoms with Crippen molar-refractivity contribution in [2.24, 2.45) is 0 Å². The molecule has 3 rings (SSSR count). The lowest BCUT2D eigenvalue weighted by Gasteiger charge is -2.03. The van der Waals surface area contributed by atoms with Gasteiger partial charge in [-0.3, -0.25) is 14.5 Å². The van der Waals surface area contributed by atoms with Crippen LogP contribution >= 0.6 is 15.9 Å². The number of nitro groups is 1. The molecule has 0 fully saturated rings. The van der Waals surface area contributed by atoms with Crippen molar-refractivity contribution in [1.29, 1.82) is 0 Å². The van der Waals surface area contributed by atoms with E-state index in [9.17, 15) is 10.1 Å². The molecule has 0 atom stereocenters. The Morgan fingerprint density at radius 3 is 2.60 bits per heavy atom. The number of halogens is 1. The predicted octanol–water partition coefficient (Wildman–Crippen LogP) is 2.65. The average Bonchev–Trinajstić information content (AvgIpc) is 2.78. The SMILES string of the molecule is Nc1nccc2c(Br)nc(-c3ccc([N+](=O)[O-])cc3)n12. The second-order valence-corrected chi connectivity index (χ2v) is 4.81. The highest BCUT2D eigenvalue weighted by Gasteiger charge is 2.14. The maximum atomic E-state index is 10.7. The molecule has 0 saturated heterocycles. The number of non-ortho nitro benzene ring substituents is 1. The molecular weight excluding hydrogens is 326 g/mol. The highest BCUT2D eigenvalue weighted by atomic mass is 79.9. The van der Waals surface area contributed by atoms with Gasteiger partial charge in [0.1, 0.15) is 10.4 Å². The molecule has 0 unspecified atom stereocenters. The molecule has 0 bridgehead atoms. The van der Waals surface area contributed by atoms with Gasteiger partial charge in [0.2, 0.25) is 5.95 Å². The maximum absolute atomic E-state index is 10.7. The minimum atomic E-state index is -0.445. The van der Waals surface area contributed by atoms with Crippen molar-refractivity contribution in [3.63, 3.8) is 0 Å². The summed E-state index contributed by atoms with van der Waals surface area (Å²) in [5.74, 6) is 0.876. The molecular formula is C12H8BrN5O2. The number of hydrogen-bond acceptors (Lipinski definition) is 5. The van der Waals surface area contributed by atoms with E-state index in [0.29, 0.717) is 16.4 Å². The van der Waals surface area contributed by atoms with Gasteiger partial charge in [-0.15, -0.1) is 0 Å². The maximum Gasteiger partial charge on any atom is 0.269 e. The fourth-order valence-electron chi connectivity index (χ4n) is 1.95. The van der Waals surface area contributed by atoms with Crippen LogP contribution in [0.4, 0.5) is 11.6 Å². The van der Waals surface area contributed by atoms with E-state index < -0.39 is 4.92 Å². The van der Waals surface area contributed by atoms with Crippen LogP contribution in [-0.4, -0.2) is 19.3 Å². The Balaban J connectivity index is 2.22. The van der Waals surface area contributed by atoms with Gasteiger partial charge in [-0.2, -0.15) is 0 Å². The van der Waals surface area contributed by atoms with Crippen LogP contribution in [0.1, 0.15) is 0 Å². The van der Waals surface area contributed by atoms with E-state index in [1.54, 1.807) is 28.8 Å². The Morgan fingerprint density at radius 1 is 1.25 bits per heavy atom. The predicted molar refractivity (Wildman–Crippen MR) is 77.2 cm³/mol. The largest absolute Gasteiger partial charge is 0.369 e. The molecule has 7 nitrogen and oxygen atoms in total. The number of nitrogens with zero attached hydrogens (tertiary/aromatic N) is 4. The summed E-state index contributed by atoms with van der Waals surface area (Å²) in [5, 5.41) is 10.7. The Hall–Kier alpha value is -2.48. The monoisotopic (exact) mass is 333 g/mol. The highest BCUT2D eigenvalue weighted by molar-refractivity contribution is 9.10. The first-order valence-electron chi connectivity index (χ1n) is 5.61. The van der Waals surface area contributed by atoms with E-state index in [-0.39, 0.29) is 5.69 Å². The van der Waals surface area contributed by atoms with Gasteiger partial charge in [0, 0.05) is 23.9 Å². The summed E-state index contributed by atoms with van der Waals surface area (Å²) in [6.07, 6.45) is 1.59. The lowest BCUT2D eigenvalue weighted by Crippen LogP contribution is -2.01. The van der Waals surface area contributed by atoms with Crippen LogP contribution in [0.2, 0.25) is 0 Å². The van der Waals surface area contributed by atoms with Crippen LogP contribution in [0.3, 0.4) is 0 Å². The zero-order valence-electron chi connectivity index (χ0n) is 10.0. The Labute approximate surface area is 121 Å². The van der Waals surface area contributed by atoms with Crippen LogP contribution < -0.4 is 5.73 Å². The van der Waals surface area contributed by atoms with Gasteiger partial charge < -0.3 is 5.73 Å². The second-order valence-electron chi connectivity index (χ2n) is 4.05. The Bertz CT molecular complexity index is 813. The lowest BCUT2D eigenvalue weighted by molar-refractivity contribution is -0.384. The minimum absolute atomic E-state index is 0.0276. The van der Waals surface area contributed by atoms with Gasteiger partial charge in [-0.1, -0.05) is 0 Å². The zero-order valence-corrected chi connectivity index (χ0v) is 11.6. The van der Waals surface area contributed by atoms with Gasteiger partial charge >= 0.3 is 0 Å². The van der Waals surface area contributed by atoms with Gasteiger partial charge in [0.15, 0.2) is 0 Å². The summed E-state index contributed by atoms with van der Waals surface area (Å²) in [4.78, 5) is 18.6. The number of anilines is 1. The number of nitrogens with two attached hydrogens (primary N) is 1. The first kappa shape index (κ1) is 12.5. The summed E-state index contributed by atoms with van der Waals surface area (Å²) in [5.41, 5.74) is 7.40. The standard InChI is InChI=1S/C12H8BrN5O2/c13-10-9-5-6-15-12(14)17(9)11(16-10)7-1-3-8(4-2-7)18(19)20/h1-6H,(H2,14,15). The molecule has 20 heavy (non-hydrogen) atoms. The third kappa shape index (κ3) is 1.90. The van der Waals surface area contributed by atoms with E-state index in [4.69, 9.17) is 5.73 Å². The number of fused-ring (bicyclic) bond motifs is 1. The van der Waals surface area contributed by atoms with Crippen molar-refractivity contribution < 1.29 is 4.92 Å². The van der Waals surface area contributed by atoms with Crippen LogP contribution in [0.15, 0.2) is 41.1 Å². The fraction of sp³-hybridized carbons (Fsp3) is 0. The van der Waals surface area contributed by atoms with Gasteiger partial charge in [-0.25, -0.2) is 9.97 Å². The molecule has 0 spiro atoms. The summed E-state index contributed by atoms with van der Waals surface area (Å²) in [6, 6.07) is 7.90. The summed E-state index contributed by atoms with van der Waals surface area (Å²) >= 11 is 3.36. The molecule has 2 heterocycles. The fourth-order valence-corrected chi connectivity index (χ4v) is 2.43. The molecule has 0 aliphatic rings. The number of imidazole rings is 1.